The third-order valence-corrected chi connectivity index (χ3v) is 2.85. The molecule has 98 valence electrons. The third-order valence-electron chi connectivity index (χ3n) is 2.85. The maximum Gasteiger partial charge on any atom is 0.248 e. The molecule has 0 aliphatic heterocycles. The topological polar surface area (TPSA) is 55.1 Å². The molecule has 0 fully saturated rings. The number of benzene rings is 1. The minimum Gasteiger partial charge on any atom is -0.465 e. The van der Waals surface area contributed by atoms with Gasteiger partial charge in [0.25, 0.3) is 0 Å². The number of fused-ring (bicyclic) bond motifs is 1. The lowest BCUT2D eigenvalue weighted by molar-refractivity contribution is -0.111. The molecule has 0 unspecified atom stereocenters. The molecule has 0 atom stereocenters. The van der Waals surface area contributed by atoms with E-state index in [1.165, 1.54) is 6.08 Å². The van der Waals surface area contributed by atoms with E-state index in [0.29, 0.717) is 5.76 Å². The van der Waals surface area contributed by atoms with Crippen LogP contribution in [-0.2, 0) is 4.79 Å². The molecular formula is C16H12N2O2. The molecule has 4 heteroatoms. The second-order valence-corrected chi connectivity index (χ2v) is 4.21. The average molecular weight is 264 g/mol. The number of hydrogen-bond donors (Lipinski definition) is 1. The van der Waals surface area contributed by atoms with Crippen molar-refractivity contribution in [2.24, 2.45) is 0 Å². The molecule has 0 bridgehead atoms. The molecule has 0 aliphatic rings. The van der Waals surface area contributed by atoms with Gasteiger partial charge in [-0.2, -0.15) is 0 Å². The molecule has 3 rings (SSSR count). The van der Waals surface area contributed by atoms with Crippen LogP contribution in [0, 0.1) is 0 Å². The van der Waals surface area contributed by atoms with Gasteiger partial charge in [0.05, 0.1) is 17.5 Å². The fourth-order valence-electron chi connectivity index (χ4n) is 1.93. The Hall–Kier alpha value is -2.88. The van der Waals surface area contributed by atoms with Crippen LogP contribution >= 0.6 is 0 Å². The molecule has 2 aromatic heterocycles. The maximum atomic E-state index is 11.9. The molecule has 1 aromatic carbocycles. The van der Waals surface area contributed by atoms with E-state index in [9.17, 15) is 4.79 Å². The Labute approximate surface area is 115 Å². The van der Waals surface area contributed by atoms with Gasteiger partial charge in [-0.3, -0.25) is 9.78 Å². The minimum atomic E-state index is -0.210. The summed E-state index contributed by atoms with van der Waals surface area (Å²) < 4.78 is 5.13. The number of nitrogens with zero attached hydrogens (tertiary/aromatic N) is 1. The molecule has 20 heavy (non-hydrogen) atoms. The summed E-state index contributed by atoms with van der Waals surface area (Å²) in [5.74, 6) is 0.428. The predicted octanol–water partition coefficient (Wildman–Crippen LogP) is 3.48. The van der Waals surface area contributed by atoms with Crippen LogP contribution in [0.25, 0.3) is 17.0 Å². The number of anilines is 1. The summed E-state index contributed by atoms with van der Waals surface area (Å²) in [4.78, 5) is 16.1. The van der Waals surface area contributed by atoms with Gasteiger partial charge in [0.15, 0.2) is 0 Å². The van der Waals surface area contributed by atoms with Crippen molar-refractivity contribution in [3.63, 3.8) is 0 Å². The molecule has 0 saturated carbocycles. The van der Waals surface area contributed by atoms with Gasteiger partial charge >= 0.3 is 0 Å². The normalized spacial score (nSPS) is 11.0. The second-order valence-electron chi connectivity index (χ2n) is 4.21. The van der Waals surface area contributed by atoms with E-state index in [2.05, 4.69) is 10.3 Å². The van der Waals surface area contributed by atoms with Crippen molar-refractivity contribution >= 4 is 28.6 Å². The van der Waals surface area contributed by atoms with Gasteiger partial charge in [-0.1, -0.05) is 6.07 Å². The minimum absolute atomic E-state index is 0.210. The van der Waals surface area contributed by atoms with Crippen LogP contribution in [0.3, 0.4) is 0 Å². The van der Waals surface area contributed by atoms with Crippen molar-refractivity contribution in [2.75, 3.05) is 5.32 Å². The van der Waals surface area contributed by atoms with Crippen molar-refractivity contribution in [2.45, 2.75) is 0 Å². The van der Waals surface area contributed by atoms with Gasteiger partial charge in [0.2, 0.25) is 5.91 Å². The van der Waals surface area contributed by atoms with Gasteiger partial charge in [0.1, 0.15) is 5.76 Å². The summed E-state index contributed by atoms with van der Waals surface area (Å²) in [5.41, 5.74) is 1.59. The summed E-state index contributed by atoms with van der Waals surface area (Å²) in [6, 6.07) is 12.9. The number of rotatable bonds is 3. The summed E-state index contributed by atoms with van der Waals surface area (Å²) in [7, 11) is 0. The zero-order valence-corrected chi connectivity index (χ0v) is 10.6. The van der Waals surface area contributed by atoms with E-state index in [-0.39, 0.29) is 5.91 Å². The first-order valence-corrected chi connectivity index (χ1v) is 6.19. The monoisotopic (exact) mass is 264 g/mol. The van der Waals surface area contributed by atoms with Crippen molar-refractivity contribution in [1.29, 1.82) is 0 Å². The summed E-state index contributed by atoms with van der Waals surface area (Å²) >= 11 is 0. The highest BCUT2D eigenvalue weighted by atomic mass is 16.3. The van der Waals surface area contributed by atoms with Crippen molar-refractivity contribution in [3.8, 4) is 0 Å². The summed E-state index contributed by atoms with van der Waals surface area (Å²) in [5, 5.41) is 3.75. The number of pyridine rings is 1. The van der Waals surface area contributed by atoms with Crippen LogP contribution in [0.5, 0.6) is 0 Å². The molecule has 0 saturated heterocycles. The summed E-state index contributed by atoms with van der Waals surface area (Å²) in [6.07, 6.45) is 6.35. The largest absolute Gasteiger partial charge is 0.465 e. The smallest absolute Gasteiger partial charge is 0.248 e. The van der Waals surface area contributed by atoms with E-state index < -0.39 is 0 Å². The van der Waals surface area contributed by atoms with Crippen LogP contribution < -0.4 is 5.32 Å². The maximum absolute atomic E-state index is 11.9. The lowest BCUT2D eigenvalue weighted by Crippen LogP contribution is -2.08. The fraction of sp³-hybridized carbons (Fsp3) is 0. The number of carbonyl (C=O) groups is 1. The van der Waals surface area contributed by atoms with Crippen LogP contribution in [0.2, 0.25) is 0 Å². The van der Waals surface area contributed by atoms with E-state index in [1.54, 1.807) is 30.7 Å². The number of amides is 1. The highest BCUT2D eigenvalue weighted by Gasteiger charge is 2.03. The Kier molecular flexibility index (Phi) is 3.29. The fourth-order valence-corrected chi connectivity index (χ4v) is 1.93. The Balaban J connectivity index is 1.81. The second kappa shape index (κ2) is 5.40. The zero-order chi connectivity index (χ0) is 13.8. The highest BCUT2D eigenvalue weighted by Crippen LogP contribution is 2.21. The lowest BCUT2D eigenvalue weighted by Gasteiger charge is -2.05. The molecule has 1 amide bonds. The number of nitrogens with one attached hydrogen (secondary N) is 1. The van der Waals surface area contributed by atoms with Crippen LogP contribution in [0.15, 0.2) is 65.4 Å². The molecule has 3 aromatic rings. The number of hydrogen-bond acceptors (Lipinski definition) is 3. The first kappa shape index (κ1) is 12.2. The van der Waals surface area contributed by atoms with Crippen LogP contribution in [0.4, 0.5) is 5.69 Å². The van der Waals surface area contributed by atoms with Gasteiger partial charge < -0.3 is 9.73 Å². The third kappa shape index (κ3) is 2.59. The Morgan fingerprint density at radius 1 is 1.15 bits per heavy atom. The first-order valence-electron chi connectivity index (χ1n) is 6.19. The molecule has 4 nitrogen and oxygen atoms in total. The van der Waals surface area contributed by atoms with Crippen molar-refractivity contribution in [3.05, 3.63) is 66.8 Å². The van der Waals surface area contributed by atoms with E-state index in [1.807, 2.05) is 30.3 Å². The average Bonchev–Trinajstić information content (AvgIpc) is 2.99. The molecule has 0 spiro atoms. The van der Waals surface area contributed by atoms with E-state index in [4.69, 9.17) is 4.42 Å². The number of carbonyl (C=O) groups excluding carboxylic acids is 1. The van der Waals surface area contributed by atoms with Gasteiger partial charge in [-0.05, 0) is 42.5 Å². The lowest BCUT2D eigenvalue weighted by atomic mass is 10.2. The number of aromatic nitrogens is 1. The Morgan fingerprint density at radius 2 is 2.10 bits per heavy atom. The van der Waals surface area contributed by atoms with Crippen LogP contribution in [-0.4, -0.2) is 10.9 Å². The van der Waals surface area contributed by atoms with Crippen LogP contribution in [0.1, 0.15) is 5.76 Å². The zero-order valence-electron chi connectivity index (χ0n) is 10.6. The Morgan fingerprint density at radius 3 is 2.95 bits per heavy atom. The molecular weight excluding hydrogens is 252 g/mol. The van der Waals surface area contributed by atoms with Crippen molar-refractivity contribution < 1.29 is 9.21 Å². The van der Waals surface area contributed by atoms with E-state index >= 15 is 0 Å². The van der Waals surface area contributed by atoms with Gasteiger partial charge in [-0.15, -0.1) is 0 Å². The quantitative estimate of drug-likeness (QED) is 0.737. The molecule has 2 heterocycles. The van der Waals surface area contributed by atoms with Gasteiger partial charge in [-0.25, -0.2) is 0 Å². The molecule has 1 N–H and O–H groups in total. The van der Waals surface area contributed by atoms with Gasteiger partial charge in [0, 0.05) is 17.7 Å². The van der Waals surface area contributed by atoms with E-state index in [0.717, 1.165) is 16.6 Å². The van der Waals surface area contributed by atoms with Crippen molar-refractivity contribution in [1.82, 2.24) is 4.98 Å². The Bertz CT molecular complexity index is 756. The highest BCUT2D eigenvalue weighted by molar-refractivity contribution is 6.06. The first-order chi connectivity index (χ1) is 9.83. The summed E-state index contributed by atoms with van der Waals surface area (Å²) in [6.45, 7) is 0. The standard InChI is InChI=1S/C16H12N2O2/c19-16(9-8-12-4-3-11-20-12)18-15-7-1-6-14-13(15)5-2-10-17-14/h1-11H,(H,18,19)/b9-8+. The number of furan rings is 1. The predicted molar refractivity (Wildman–Crippen MR) is 78.1 cm³/mol. The molecule has 0 radical (unpaired) electrons. The SMILES string of the molecule is O=C(/C=C/c1ccco1)Nc1cccc2ncccc12. The molecule has 0 aliphatic carbocycles.